The number of benzene rings is 1. The van der Waals surface area contributed by atoms with Crippen molar-refractivity contribution >= 4 is 17.4 Å². The molecule has 0 bridgehead atoms. The molecule has 2 N–H and O–H groups in total. The number of halogens is 1. The summed E-state index contributed by atoms with van der Waals surface area (Å²) >= 11 is 6.10. The van der Waals surface area contributed by atoms with Crippen LogP contribution in [0.4, 0.5) is 5.82 Å². The van der Waals surface area contributed by atoms with E-state index in [-0.39, 0.29) is 11.9 Å². The molecule has 1 heterocycles. The van der Waals surface area contributed by atoms with Crippen LogP contribution in [0.1, 0.15) is 13.8 Å². The van der Waals surface area contributed by atoms with E-state index in [9.17, 15) is 0 Å². The van der Waals surface area contributed by atoms with Crippen LogP contribution in [0.2, 0.25) is 5.02 Å². The van der Waals surface area contributed by atoms with E-state index < -0.39 is 0 Å². The van der Waals surface area contributed by atoms with E-state index in [2.05, 4.69) is 9.97 Å². The molecule has 18 heavy (non-hydrogen) atoms. The monoisotopic (exact) mass is 263 g/mol. The number of hydrogen-bond acceptors (Lipinski definition) is 4. The summed E-state index contributed by atoms with van der Waals surface area (Å²) in [5, 5.41) is 0.360. The molecule has 0 aliphatic rings. The van der Waals surface area contributed by atoms with Gasteiger partial charge in [-0.25, -0.2) is 9.97 Å². The maximum atomic E-state index is 6.10. The molecule has 0 spiro atoms. The van der Waals surface area contributed by atoms with Gasteiger partial charge in [-0.2, -0.15) is 0 Å². The fourth-order valence-corrected chi connectivity index (χ4v) is 1.78. The summed E-state index contributed by atoms with van der Waals surface area (Å²) < 4.78 is 5.63. The number of anilines is 1. The molecule has 0 saturated carbocycles. The van der Waals surface area contributed by atoms with Gasteiger partial charge < -0.3 is 10.5 Å². The van der Waals surface area contributed by atoms with Gasteiger partial charge in [0.25, 0.3) is 0 Å². The minimum Gasteiger partial charge on any atom is -0.491 e. The normalized spacial score (nSPS) is 10.7. The minimum atomic E-state index is 0.117. The smallest absolute Gasteiger partial charge is 0.146 e. The van der Waals surface area contributed by atoms with Gasteiger partial charge in [0.1, 0.15) is 22.9 Å². The van der Waals surface area contributed by atoms with Crippen LogP contribution in [0.3, 0.4) is 0 Å². The van der Waals surface area contributed by atoms with Gasteiger partial charge in [0.15, 0.2) is 0 Å². The van der Waals surface area contributed by atoms with E-state index in [1.807, 2.05) is 38.1 Å². The van der Waals surface area contributed by atoms with Gasteiger partial charge in [0, 0.05) is 5.56 Å². The molecule has 1 aromatic carbocycles. The zero-order chi connectivity index (χ0) is 13.1. The Balaban J connectivity index is 2.41. The molecule has 0 amide bonds. The van der Waals surface area contributed by atoms with Crippen molar-refractivity contribution in [1.29, 1.82) is 0 Å². The number of nitrogen functional groups attached to an aromatic ring is 1. The lowest BCUT2D eigenvalue weighted by Crippen LogP contribution is -2.05. The zero-order valence-electron chi connectivity index (χ0n) is 10.2. The van der Waals surface area contributed by atoms with Crippen LogP contribution < -0.4 is 10.5 Å². The van der Waals surface area contributed by atoms with Gasteiger partial charge in [-0.3, -0.25) is 0 Å². The summed E-state index contributed by atoms with van der Waals surface area (Å²) in [5.74, 6) is 1.05. The molecule has 1 aromatic heterocycles. The van der Waals surface area contributed by atoms with Gasteiger partial charge in [-0.05, 0) is 26.0 Å². The van der Waals surface area contributed by atoms with Crippen molar-refractivity contribution in [1.82, 2.24) is 9.97 Å². The lowest BCUT2D eigenvalue weighted by molar-refractivity contribution is 0.242. The van der Waals surface area contributed by atoms with Crippen LogP contribution in [0.15, 0.2) is 30.6 Å². The van der Waals surface area contributed by atoms with Gasteiger partial charge in [0.05, 0.1) is 11.8 Å². The highest BCUT2D eigenvalue weighted by atomic mass is 35.5. The predicted molar refractivity (Wildman–Crippen MR) is 72.7 cm³/mol. The first-order chi connectivity index (χ1) is 8.58. The Bertz CT molecular complexity index is 558. The minimum absolute atomic E-state index is 0.117. The molecule has 5 heteroatoms. The second kappa shape index (κ2) is 5.23. The third kappa shape index (κ3) is 2.71. The van der Waals surface area contributed by atoms with Gasteiger partial charge in [-0.1, -0.05) is 23.7 Å². The fraction of sp³-hybridized carbons (Fsp3) is 0.231. The molecule has 2 aromatic rings. The molecule has 2 rings (SSSR count). The molecule has 0 saturated heterocycles. The third-order valence-corrected chi connectivity index (χ3v) is 2.67. The summed E-state index contributed by atoms with van der Waals surface area (Å²) in [7, 11) is 0. The van der Waals surface area contributed by atoms with Crippen molar-refractivity contribution in [3.63, 3.8) is 0 Å². The number of nitrogens with zero attached hydrogens (tertiary/aromatic N) is 2. The van der Waals surface area contributed by atoms with Crippen LogP contribution in [-0.4, -0.2) is 16.1 Å². The largest absolute Gasteiger partial charge is 0.491 e. The number of aromatic nitrogens is 2. The predicted octanol–water partition coefficient (Wildman–Crippen LogP) is 3.17. The first-order valence-electron chi connectivity index (χ1n) is 5.61. The third-order valence-electron chi connectivity index (χ3n) is 2.30. The Morgan fingerprint density at radius 2 is 2.06 bits per heavy atom. The first-order valence-corrected chi connectivity index (χ1v) is 5.99. The Labute approximate surface area is 111 Å². The average molecular weight is 264 g/mol. The summed E-state index contributed by atoms with van der Waals surface area (Å²) in [6, 6.07) is 7.57. The van der Waals surface area contributed by atoms with E-state index in [0.29, 0.717) is 10.7 Å². The van der Waals surface area contributed by atoms with E-state index in [1.54, 1.807) is 0 Å². The highest BCUT2D eigenvalue weighted by Crippen LogP contribution is 2.30. The van der Waals surface area contributed by atoms with Crippen LogP contribution in [-0.2, 0) is 0 Å². The van der Waals surface area contributed by atoms with E-state index in [4.69, 9.17) is 22.1 Å². The van der Waals surface area contributed by atoms with Crippen molar-refractivity contribution in [2.45, 2.75) is 20.0 Å². The molecular weight excluding hydrogens is 250 g/mol. The van der Waals surface area contributed by atoms with Crippen molar-refractivity contribution in [3.05, 3.63) is 35.6 Å². The maximum Gasteiger partial charge on any atom is 0.146 e. The summed E-state index contributed by atoms with van der Waals surface area (Å²) in [6.07, 6.45) is 1.51. The zero-order valence-corrected chi connectivity index (χ0v) is 11.0. The fourth-order valence-electron chi connectivity index (χ4n) is 1.57. The second-order valence-electron chi connectivity index (χ2n) is 4.12. The lowest BCUT2D eigenvalue weighted by Gasteiger charge is -2.11. The topological polar surface area (TPSA) is 61.0 Å². The van der Waals surface area contributed by atoms with Crippen LogP contribution >= 0.6 is 11.6 Å². The molecule has 0 unspecified atom stereocenters. The Morgan fingerprint density at radius 3 is 2.78 bits per heavy atom. The Morgan fingerprint density at radius 1 is 1.28 bits per heavy atom. The SMILES string of the molecule is CC(C)Oc1cccc(-c2ncnc(N)c2Cl)c1. The number of hydrogen-bond donors (Lipinski definition) is 1. The maximum absolute atomic E-state index is 6.10. The molecule has 0 atom stereocenters. The van der Waals surface area contributed by atoms with E-state index in [0.717, 1.165) is 11.3 Å². The number of nitrogens with two attached hydrogens (primary N) is 1. The average Bonchev–Trinajstić information content (AvgIpc) is 2.32. The Kier molecular flexibility index (Phi) is 3.67. The van der Waals surface area contributed by atoms with Gasteiger partial charge in [-0.15, -0.1) is 0 Å². The Hall–Kier alpha value is -1.81. The molecule has 0 aliphatic carbocycles. The molecule has 4 nitrogen and oxygen atoms in total. The van der Waals surface area contributed by atoms with Crippen LogP contribution in [0.5, 0.6) is 5.75 Å². The highest BCUT2D eigenvalue weighted by molar-refractivity contribution is 6.35. The molecular formula is C13H14ClN3O. The van der Waals surface area contributed by atoms with Crippen molar-refractivity contribution in [2.75, 3.05) is 5.73 Å². The van der Waals surface area contributed by atoms with Crippen molar-refractivity contribution in [2.24, 2.45) is 0 Å². The second-order valence-corrected chi connectivity index (χ2v) is 4.49. The molecule has 0 aliphatic heterocycles. The summed E-state index contributed by atoms with van der Waals surface area (Å²) in [5.41, 5.74) is 7.13. The van der Waals surface area contributed by atoms with Gasteiger partial charge in [0.2, 0.25) is 0 Å². The van der Waals surface area contributed by atoms with Crippen molar-refractivity contribution < 1.29 is 4.74 Å². The van der Waals surface area contributed by atoms with Gasteiger partial charge >= 0.3 is 0 Å². The van der Waals surface area contributed by atoms with Crippen molar-refractivity contribution in [3.8, 4) is 17.0 Å². The lowest BCUT2D eigenvalue weighted by atomic mass is 10.1. The quantitative estimate of drug-likeness (QED) is 0.924. The standard InChI is InChI=1S/C13H14ClN3O/c1-8(2)18-10-5-3-4-9(6-10)12-11(14)13(15)17-7-16-12/h3-8H,1-2H3,(H2,15,16,17). The number of rotatable bonds is 3. The number of ether oxygens (including phenoxy) is 1. The highest BCUT2D eigenvalue weighted by Gasteiger charge is 2.10. The van der Waals surface area contributed by atoms with E-state index >= 15 is 0 Å². The first kappa shape index (κ1) is 12.6. The van der Waals surface area contributed by atoms with Crippen LogP contribution in [0, 0.1) is 0 Å². The van der Waals surface area contributed by atoms with Crippen LogP contribution in [0.25, 0.3) is 11.3 Å². The summed E-state index contributed by atoms with van der Waals surface area (Å²) in [6.45, 7) is 3.95. The molecule has 94 valence electrons. The van der Waals surface area contributed by atoms with E-state index in [1.165, 1.54) is 6.33 Å². The summed E-state index contributed by atoms with van der Waals surface area (Å²) in [4.78, 5) is 7.99. The molecule has 0 fully saturated rings. The molecule has 0 radical (unpaired) electrons.